The van der Waals surface area contributed by atoms with Crippen LogP contribution in [0.4, 0.5) is 0 Å². The average molecular weight is 1560 g/mol. The van der Waals surface area contributed by atoms with E-state index in [0.29, 0.717) is 36.5 Å². The summed E-state index contributed by atoms with van der Waals surface area (Å²) in [5, 5.41) is 9.87. The molecule has 0 amide bonds. The highest BCUT2D eigenvalue weighted by Crippen LogP contribution is 2.47. The number of fused-ring (bicyclic) bond motifs is 1. The van der Waals surface area contributed by atoms with E-state index in [1.807, 2.05) is 110 Å². The molecule has 4 saturated heterocycles. The monoisotopic (exact) mass is 1550 g/mol. The Hall–Kier alpha value is -7.06. The number of esters is 3. The second kappa shape index (κ2) is 40.6. The van der Waals surface area contributed by atoms with Gasteiger partial charge in [0.25, 0.3) is 0 Å². The minimum absolute atomic E-state index is 0. The van der Waals surface area contributed by atoms with E-state index in [4.69, 9.17) is 42.6 Å². The van der Waals surface area contributed by atoms with Crippen molar-refractivity contribution in [1.29, 1.82) is 0 Å². The van der Waals surface area contributed by atoms with Crippen molar-refractivity contribution in [3.05, 3.63) is 267 Å². The van der Waals surface area contributed by atoms with Gasteiger partial charge in [-0.15, -0.1) is 0 Å². The molecule has 4 fully saturated rings. The summed E-state index contributed by atoms with van der Waals surface area (Å²) < 4.78 is 56.6. The van der Waals surface area contributed by atoms with Crippen LogP contribution < -0.4 is 0 Å². The second-order valence-electron chi connectivity index (χ2n) is 32.0. The highest BCUT2D eigenvalue weighted by molar-refractivity contribution is 8.00. The molecule has 8 aromatic carbocycles. The van der Waals surface area contributed by atoms with Crippen LogP contribution in [0.15, 0.2) is 221 Å². The molecule has 0 radical (unpaired) electrons. The molecule has 594 valence electrons. The molecule has 12 rings (SSSR count). The van der Waals surface area contributed by atoms with Gasteiger partial charge in [-0.3, -0.25) is 0 Å². The number of benzene rings is 8. The number of thioether (sulfide) groups is 3. The average Bonchev–Trinajstić information content (AvgIpc) is 0.780. The standard InChI is InChI=1S/C33H40O4S.C32H36O5S.C26H34O4S.3CH4/c1-22-17-18-27(33(4,5)6)19-29(22)38-32-30(37-31(34)26-15-11-8-12-16-26)24(3)23(2)28(36-32)21-35-20-25-13-9-7-10-14-25;1-20-16-17-24(32(3,4)5)18-26(20)38-31-28(36-29(33)22-12-8-6-9-13-22)21(2)27-25(35-31)19-34-30(37-27)23-14-10-7-11-15-23;1-16-12-13-20(26(4,5)6)14-22(16)31-25-23(18(3)17(2)21(15-27)29-25)30-24(28)19-10-8-7-9-11-19;;;/h7-19,23-24,28,30,32H,20-21H2,1-6H3;6-18,21,25,27-28,30-31H,19H2,1-5H3;7-14,17-18,21,23,25,27H,15H2,1-6H3;3*1H4/t23-,24-,28?,30?,32-;21-,25?,27-,28?,30?,31-;17-,18-,21?,23?,25-;;;/m000.../s1. The molecular weight excluding hydrogens is 1430 g/mol. The van der Waals surface area contributed by atoms with Crippen molar-refractivity contribution in [3.8, 4) is 0 Å². The molecule has 0 saturated carbocycles. The fraction of sp³-hybridized carbons (Fsp3) is 0.457. The second-order valence-corrected chi connectivity index (χ2v) is 35.5. The molecule has 13 nitrogen and oxygen atoms in total. The van der Waals surface area contributed by atoms with E-state index in [1.165, 1.54) is 22.3 Å². The van der Waals surface area contributed by atoms with Crippen molar-refractivity contribution >= 4 is 53.2 Å². The summed E-state index contributed by atoms with van der Waals surface area (Å²) in [5.74, 6) is -0.783. The summed E-state index contributed by atoms with van der Waals surface area (Å²) >= 11 is 4.84. The summed E-state index contributed by atoms with van der Waals surface area (Å²) in [6.45, 7) is 38.1. The van der Waals surface area contributed by atoms with Gasteiger partial charge in [0.2, 0.25) is 0 Å². The molecule has 0 aromatic heterocycles. The third-order valence-corrected chi connectivity index (χ3v) is 24.9. The zero-order valence-electron chi connectivity index (χ0n) is 65.3. The van der Waals surface area contributed by atoms with Crippen LogP contribution >= 0.6 is 35.3 Å². The number of hydrogen-bond acceptors (Lipinski definition) is 16. The highest BCUT2D eigenvalue weighted by atomic mass is 32.2. The maximum Gasteiger partial charge on any atom is 0.338 e. The lowest BCUT2D eigenvalue weighted by Crippen LogP contribution is -2.58. The van der Waals surface area contributed by atoms with E-state index in [2.05, 4.69) is 178 Å². The molecule has 4 heterocycles. The number of hydrogen-bond donors (Lipinski definition) is 1. The van der Waals surface area contributed by atoms with E-state index < -0.39 is 35.5 Å². The number of rotatable bonds is 18. The van der Waals surface area contributed by atoms with Crippen LogP contribution in [0.25, 0.3) is 0 Å². The van der Waals surface area contributed by atoms with E-state index in [9.17, 15) is 19.5 Å². The molecule has 0 aliphatic carbocycles. The minimum atomic E-state index is -0.513. The van der Waals surface area contributed by atoms with Crippen LogP contribution in [0.5, 0.6) is 0 Å². The van der Waals surface area contributed by atoms with Crippen molar-refractivity contribution < 1.29 is 62.1 Å². The Morgan fingerprint density at radius 3 is 1.13 bits per heavy atom. The largest absolute Gasteiger partial charge is 0.455 e. The quantitative estimate of drug-likeness (QED) is 0.0639. The van der Waals surface area contributed by atoms with Gasteiger partial charge in [0, 0.05) is 38.0 Å². The lowest BCUT2D eigenvalue weighted by Gasteiger charge is -2.48. The molecule has 16 heteroatoms. The molecule has 0 spiro atoms. The van der Waals surface area contributed by atoms with Crippen LogP contribution in [-0.4, -0.2) is 102 Å². The van der Waals surface area contributed by atoms with Crippen LogP contribution in [0.1, 0.15) is 201 Å². The maximum atomic E-state index is 13.2. The van der Waals surface area contributed by atoms with Gasteiger partial charge in [0.05, 0.1) is 61.4 Å². The third kappa shape index (κ3) is 23.5. The van der Waals surface area contributed by atoms with E-state index in [0.717, 1.165) is 36.9 Å². The molecule has 0 bridgehead atoms. The predicted molar refractivity (Wildman–Crippen MR) is 449 cm³/mol. The summed E-state index contributed by atoms with van der Waals surface area (Å²) in [6.07, 6.45) is -2.75. The molecule has 7 unspecified atom stereocenters. The van der Waals surface area contributed by atoms with Gasteiger partial charge < -0.3 is 47.7 Å². The van der Waals surface area contributed by atoms with Gasteiger partial charge in [-0.2, -0.15) is 0 Å². The zero-order chi connectivity index (χ0) is 76.9. The molecule has 4 aliphatic rings. The van der Waals surface area contributed by atoms with Crippen molar-refractivity contribution in [3.63, 3.8) is 0 Å². The van der Waals surface area contributed by atoms with Gasteiger partial charge >= 0.3 is 17.9 Å². The molecule has 16 atom stereocenters. The number of carbonyl (C=O) groups is 3. The topological polar surface area (TPSA) is 155 Å². The van der Waals surface area contributed by atoms with Crippen molar-refractivity contribution in [2.45, 2.75) is 243 Å². The smallest absolute Gasteiger partial charge is 0.338 e. The lowest BCUT2D eigenvalue weighted by atomic mass is 9.84. The normalized spacial score (nSPS) is 25.1. The first kappa shape index (κ1) is 90.1. The summed E-state index contributed by atoms with van der Waals surface area (Å²) in [5.41, 5.74) is 9.88. The SMILES string of the molecule is C.C.C.Cc1ccc(C(C)(C)C)cc1S[C@@H]1OC(CO)[C@@H](C)[C@H](C)C1OC(=O)c1ccccc1.Cc1ccc(C(C)(C)C)cc1S[C@@H]1OC(COCc2ccccc2)[C@@H](C)[C@H](C)C1OC(=O)c1ccccc1.Cc1ccc(C(C)(C)C)cc1S[C@@H]1OC2COC(c3ccccc3)O[C@H]2[C@H](C)C1OC(=O)c1ccccc1. The third-order valence-electron chi connectivity index (χ3n) is 21.0. The Labute approximate surface area is 670 Å². The number of aliphatic hydroxyl groups excluding tert-OH is 1. The molecule has 1 N–H and O–H groups in total. The van der Waals surface area contributed by atoms with Crippen molar-refractivity contribution in [2.24, 2.45) is 29.6 Å². The van der Waals surface area contributed by atoms with E-state index in [1.54, 1.807) is 71.7 Å². The Bertz CT molecular complexity index is 4090. The van der Waals surface area contributed by atoms with E-state index in [-0.39, 0.29) is 122 Å². The first-order chi connectivity index (χ1) is 50.9. The van der Waals surface area contributed by atoms with Gasteiger partial charge in [-0.05, 0) is 142 Å². The van der Waals surface area contributed by atoms with Crippen molar-refractivity contribution in [2.75, 3.05) is 19.8 Å². The van der Waals surface area contributed by atoms with Crippen LogP contribution in [0, 0.1) is 50.4 Å². The fourth-order valence-corrected chi connectivity index (χ4v) is 17.4. The van der Waals surface area contributed by atoms with Gasteiger partial charge in [-0.25, -0.2) is 14.4 Å². The summed E-state index contributed by atoms with van der Waals surface area (Å²) in [6, 6.07) is 67.1. The minimum Gasteiger partial charge on any atom is -0.455 e. The van der Waals surface area contributed by atoms with Crippen LogP contribution in [0.2, 0.25) is 0 Å². The first-order valence-corrected chi connectivity index (χ1v) is 40.2. The van der Waals surface area contributed by atoms with Crippen LogP contribution in [0.3, 0.4) is 0 Å². The number of aliphatic hydroxyl groups is 1. The zero-order valence-corrected chi connectivity index (χ0v) is 67.7. The molecule has 110 heavy (non-hydrogen) atoms. The van der Waals surface area contributed by atoms with E-state index >= 15 is 0 Å². The Kier molecular flexibility index (Phi) is 33.3. The molecule has 8 aromatic rings. The van der Waals surface area contributed by atoms with Crippen molar-refractivity contribution in [1.82, 2.24) is 0 Å². The number of ether oxygens (including phenoxy) is 9. The predicted octanol–water partition coefficient (Wildman–Crippen LogP) is 22.4. The Morgan fingerprint density at radius 1 is 0.418 bits per heavy atom. The summed E-state index contributed by atoms with van der Waals surface area (Å²) in [7, 11) is 0. The molecular formula is C94H122O13S3. The Morgan fingerprint density at radius 2 is 0.755 bits per heavy atom. The maximum absolute atomic E-state index is 13.2. The fourth-order valence-electron chi connectivity index (χ4n) is 13.4. The highest BCUT2D eigenvalue weighted by Gasteiger charge is 2.51. The van der Waals surface area contributed by atoms with Crippen LogP contribution in [-0.2, 0) is 65.5 Å². The molecule has 4 aliphatic heterocycles. The number of carbonyl (C=O) groups excluding carboxylic acids is 3. The first-order valence-electron chi connectivity index (χ1n) is 37.6. The lowest BCUT2D eigenvalue weighted by molar-refractivity contribution is -0.306. The van der Waals surface area contributed by atoms with Gasteiger partial charge in [-0.1, -0.05) is 306 Å². The van der Waals surface area contributed by atoms with Gasteiger partial charge in [0.1, 0.15) is 40.7 Å². The Balaban J connectivity index is 0.000000228. The summed E-state index contributed by atoms with van der Waals surface area (Å²) in [4.78, 5) is 42.5. The number of aryl methyl sites for hydroxylation is 3. The van der Waals surface area contributed by atoms with Gasteiger partial charge in [0.15, 0.2) is 6.29 Å².